The van der Waals surface area contributed by atoms with Crippen molar-refractivity contribution in [3.63, 3.8) is 0 Å². The summed E-state index contributed by atoms with van der Waals surface area (Å²) in [7, 11) is 0. The van der Waals surface area contributed by atoms with E-state index in [9.17, 15) is 4.79 Å². The molecule has 3 aromatic rings. The minimum Gasteiger partial charge on any atom is -0.455 e. The lowest BCUT2D eigenvalue weighted by Gasteiger charge is -2.13. The zero-order chi connectivity index (χ0) is 18.5. The summed E-state index contributed by atoms with van der Waals surface area (Å²) in [5.41, 5.74) is 2.34. The third-order valence-electron chi connectivity index (χ3n) is 3.81. The van der Waals surface area contributed by atoms with Gasteiger partial charge in [-0.3, -0.25) is 4.79 Å². The smallest absolute Gasteiger partial charge is 0.229 e. The Morgan fingerprint density at radius 2 is 1.58 bits per heavy atom. The van der Waals surface area contributed by atoms with E-state index in [1.165, 1.54) is 0 Å². The van der Waals surface area contributed by atoms with Gasteiger partial charge in [0.1, 0.15) is 5.75 Å². The number of benzene rings is 3. The molecule has 1 N–H and O–H groups in total. The molecule has 0 heterocycles. The first kappa shape index (κ1) is 18.3. The van der Waals surface area contributed by atoms with Crippen molar-refractivity contribution in [2.75, 3.05) is 5.32 Å². The summed E-state index contributed by atoms with van der Waals surface area (Å²) in [6.45, 7) is 2.01. The maximum Gasteiger partial charge on any atom is 0.229 e. The number of halogens is 2. The van der Waals surface area contributed by atoms with E-state index in [4.69, 9.17) is 27.9 Å². The van der Waals surface area contributed by atoms with Gasteiger partial charge in [-0.15, -0.1) is 0 Å². The molecule has 0 bridgehead atoms. The van der Waals surface area contributed by atoms with Gasteiger partial charge in [0.25, 0.3) is 0 Å². The van der Waals surface area contributed by atoms with Crippen molar-refractivity contribution in [2.24, 2.45) is 0 Å². The highest BCUT2D eigenvalue weighted by Gasteiger charge is 2.13. The lowest BCUT2D eigenvalue weighted by molar-refractivity contribution is -0.115. The normalized spacial score (nSPS) is 10.4. The van der Waals surface area contributed by atoms with E-state index in [-0.39, 0.29) is 12.3 Å². The lowest BCUT2D eigenvalue weighted by Crippen LogP contribution is -2.15. The molecular weight excluding hydrogens is 369 g/mol. The monoisotopic (exact) mass is 385 g/mol. The van der Waals surface area contributed by atoms with Crippen LogP contribution in [-0.2, 0) is 11.2 Å². The topological polar surface area (TPSA) is 38.3 Å². The van der Waals surface area contributed by atoms with Crippen LogP contribution in [0.4, 0.5) is 5.69 Å². The van der Waals surface area contributed by atoms with Gasteiger partial charge in [-0.05, 0) is 48.9 Å². The number of rotatable bonds is 5. The minimum absolute atomic E-state index is 0.0807. The molecule has 0 aromatic heterocycles. The van der Waals surface area contributed by atoms with Crippen LogP contribution >= 0.6 is 23.2 Å². The second kappa shape index (κ2) is 8.26. The number of para-hydroxylation sites is 2. The Morgan fingerprint density at radius 3 is 2.27 bits per heavy atom. The van der Waals surface area contributed by atoms with Crippen molar-refractivity contribution in [1.82, 2.24) is 0 Å². The molecule has 26 heavy (non-hydrogen) atoms. The van der Waals surface area contributed by atoms with Crippen LogP contribution < -0.4 is 10.1 Å². The zero-order valence-corrected chi connectivity index (χ0v) is 15.6. The van der Waals surface area contributed by atoms with Gasteiger partial charge in [0.2, 0.25) is 5.91 Å². The van der Waals surface area contributed by atoms with Crippen molar-refractivity contribution in [3.05, 3.63) is 87.9 Å². The molecule has 132 valence electrons. The Labute approximate surface area is 162 Å². The zero-order valence-electron chi connectivity index (χ0n) is 14.1. The standard InChI is InChI=1S/C21H17Cl2NO2/c1-14-9-11-15(12-10-14)26-20-8-3-2-7-19(20)24-21(25)13-16-17(22)5-4-6-18(16)23/h2-12H,13H2,1H3,(H,24,25). The van der Waals surface area contributed by atoms with Gasteiger partial charge in [0.05, 0.1) is 12.1 Å². The molecule has 0 fully saturated rings. The average Bonchev–Trinajstić information content (AvgIpc) is 2.62. The van der Waals surface area contributed by atoms with Crippen LogP contribution in [0.2, 0.25) is 10.0 Å². The number of ether oxygens (including phenoxy) is 1. The van der Waals surface area contributed by atoms with E-state index in [0.29, 0.717) is 32.8 Å². The van der Waals surface area contributed by atoms with Crippen LogP contribution in [0.5, 0.6) is 11.5 Å². The first-order valence-electron chi connectivity index (χ1n) is 8.09. The number of carbonyl (C=O) groups excluding carboxylic acids is 1. The van der Waals surface area contributed by atoms with Gasteiger partial charge in [-0.1, -0.05) is 59.1 Å². The van der Waals surface area contributed by atoms with Crippen LogP contribution in [0.25, 0.3) is 0 Å². The van der Waals surface area contributed by atoms with Gasteiger partial charge in [0, 0.05) is 10.0 Å². The summed E-state index contributed by atoms with van der Waals surface area (Å²) >= 11 is 12.3. The Balaban J connectivity index is 1.75. The second-order valence-electron chi connectivity index (χ2n) is 5.84. The van der Waals surface area contributed by atoms with Crippen LogP contribution in [0, 0.1) is 6.92 Å². The summed E-state index contributed by atoms with van der Waals surface area (Å²) in [6.07, 6.45) is 0.0807. The number of nitrogens with one attached hydrogen (secondary N) is 1. The predicted molar refractivity (Wildman–Crippen MR) is 106 cm³/mol. The Morgan fingerprint density at radius 1 is 0.923 bits per heavy atom. The van der Waals surface area contributed by atoms with Gasteiger partial charge in [-0.2, -0.15) is 0 Å². The van der Waals surface area contributed by atoms with Gasteiger partial charge in [0.15, 0.2) is 5.75 Å². The SMILES string of the molecule is Cc1ccc(Oc2ccccc2NC(=O)Cc2c(Cl)cccc2Cl)cc1. The molecule has 0 aliphatic heterocycles. The Kier molecular flexibility index (Phi) is 5.82. The van der Waals surface area contributed by atoms with Crippen molar-refractivity contribution in [3.8, 4) is 11.5 Å². The van der Waals surface area contributed by atoms with Crippen molar-refractivity contribution in [2.45, 2.75) is 13.3 Å². The molecule has 0 saturated heterocycles. The summed E-state index contributed by atoms with van der Waals surface area (Å²) in [6, 6.07) is 20.2. The largest absolute Gasteiger partial charge is 0.455 e. The molecule has 0 saturated carbocycles. The third kappa shape index (κ3) is 4.57. The van der Waals surface area contributed by atoms with E-state index in [0.717, 1.165) is 5.56 Å². The van der Waals surface area contributed by atoms with Crippen LogP contribution in [0.3, 0.4) is 0 Å². The summed E-state index contributed by atoms with van der Waals surface area (Å²) in [5, 5.41) is 3.80. The molecule has 0 aliphatic carbocycles. The third-order valence-corrected chi connectivity index (χ3v) is 4.52. The summed E-state index contributed by atoms with van der Waals surface area (Å²) in [5.74, 6) is 1.04. The fourth-order valence-corrected chi connectivity index (χ4v) is 2.98. The molecule has 0 aliphatic rings. The second-order valence-corrected chi connectivity index (χ2v) is 6.65. The van der Waals surface area contributed by atoms with Gasteiger partial charge in [-0.25, -0.2) is 0 Å². The number of carbonyl (C=O) groups is 1. The number of hydrogen-bond donors (Lipinski definition) is 1. The molecule has 3 nitrogen and oxygen atoms in total. The highest BCUT2D eigenvalue weighted by molar-refractivity contribution is 6.36. The number of hydrogen-bond acceptors (Lipinski definition) is 2. The Bertz CT molecular complexity index is 903. The molecule has 0 atom stereocenters. The Hall–Kier alpha value is -2.49. The molecule has 0 unspecified atom stereocenters. The van der Waals surface area contributed by atoms with Crippen LogP contribution in [0.15, 0.2) is 66.7 Å². The van der Waals surface area contributed by atoms with Crippen LogP contribution in [0.1, 0.15) is 11.1 Å². The lowest BCUT2D eigenvalue weighted by atomic mass is 10.1. The fraction of sp³-hybridized carbons (Fsp3) is 0.0952. The van der Waals surface area contributed by atoms with Crippen molar-refractivity contribution in [1.29, 1.82) is 0 Å². The molecule has 5 heteroatoms. The summed E-state index contributed by atoms with van der Waals surface area (Å²) < 4.78 is 5.90. The van der Waals surface area contributed by atoms with Gasteiger partial charge >= 0.3 is 0 Å². The average molecular weight is 386 g/mol. The van der Waals surface area contributed by atoms with E-state index in [1.54, 1.807) is 30.3 Å². The maximum atomic E-state index is 12.5. The number of aryl methyl sites for hydroxylation is 1. The van der Waals surface area contributed by atoms with Crippen molar-refractivity contribution < 1.29 is 9.53 Å². The van der Waals surface area contributed by atoms with E-state index in [2.05, 4.69) is 5.32 Å². The number of amides is 1. The summed E-state index contributed by atoms with van der Waals surface area (Å²) in [4.78, 5) is 12.5. The van der Waals surface area contributed by atoms with Crippen molar-refractivity contribution >= 4 is 34.8 Å². The molecule has 3 aromatic carbocycles. The fourth-order valence-electron chi connectivity index (χ4n) is 2.45. The first-order valence-corrected chi connectivity index (χ1v) is 8.85. The quantitative estimate of drug-likeness (QED) is 0.561. The molecule has 0 spiro atoms. The molecule has 1 amide bonds. The molecular formula is C21H17Cl2NO2. The highest BCUT2D eigenvalue weighted by Crippen LogP contribution is 2.30. The van der Waals surface area contributed by atoms with Crippen LogP contribution in [-0.4, -0.2) is 5.91 Å². The minimum atomic E-state index is -0.222. The number of anilines is 1. The molecule has 0 radical (unpaired) electrons. The predicted octanol–water partition coefficient (Wildman–Crippen LogP) is 6.28. The van der Waals surface area contributed by atoms with E-state index in [1.807, 2.05) is 43.3 Å². The maximum absolute atomic E-state index is 12.5. The highest BCUT2D eigenvalue weighted by atomic mass is 35.5. The van der Waals surface area contributed by atoms with Gasteiger partial charge < -0.3 is 10.1 Å². The molecule has 3 rings (SSSR count). The first-order chi connectivity index (χ1) is 12.5. The van der Waals surface area contributed by atoms with E-state index < -0.39 is 0 Å². The van der Waals surface area contributed by atoms with E-state index >= 15 is 0 Å².